The molecule has 0 unspecified atom stereocenters. The number of carbonyl (C=O) groups excluding carboxylic acids is 1. The molecular weight excluding hydrogens is 233 g/mol. The summed E-state index contributed by atoms with van der Waals surface area (Å²) in [7, 11) is 0. The molecule has 11 heavy (non-hydrogen) atoms. The number of primary amides is 1. The van der Waals surface area contributed by atoms with Gasteiger partial charge in [-0.3, -0.25) is 4.79 Å². The Morgan fingerprint density at radius 2 is 1.64 bits per heavy atom. The number of benzene rings is 1. The molecule has 0 atom stereocenters. The van der Waals surface area contributed by atoms with Gasteiger partial charge < -0.3 is 22.7 Å². The van der Waals surface area contributed by atoms with Crippen LogP contribution in [0.3, 0.4) is 0 Å². The monoisotopic (exact) mass is 239 g/mol. The minimum absolute atomic E-state index is 0. The van der Waals surface area contributed by atoms with Gasteiger partial charge in [0.1, 0.15) is 0 Å². The number of halogens is 1. The summed E-state index contributed by atoms with van der Waals surface area (Å²) in [5, 5.41) is 0. The second kappa shape index (κ2) is 7.46. The van der Waals surface area contributed by atoms with Crippen molar-refractivity contribution in [3.8, 4) is 0 Å². The molecule has 0 aliphatic heterocycles. The van der Waals surface area contributed by atoms with Crippen LogP contribution >= 0.6 is 0 Å². The average molecular weight is 240 g/mol. The third-order valence-electron chi connectivity index (χ3n) is 1.06. The molecule has 0 saturated heterocycles. The fraction of sp³-hybridized carbons (Fsp3) is 0. The molecule has 0 heterocycles. The van der Waals surface area contributed by atoms with Gasteiger partial charge in [-0.15, -0.1) is 0 Å². The van der Waals surface area contributed by atoms with Gasteiger partial charge in [-0.25, -0.2) is 0 Å². The predicted octanol–water partition coefficient (Wildman–Crippen LogP) is -5.21. The van der Waals surface area contributed by atoms with Gasteiger partial charge in [0, 0.05) is 5.56 Å². The van der Waals surface area contributed by atoms with Crippen molar-refractivity contribution >= 4 is 5.91 Å². The van der Waals surface area contributed by atoms with E-state index in [2.05, 4.69) is 0 Å². The van der Waals surface area contributed by atoms with Gasteiger partial charge in [0.25, 0.3) is 0 Å². The van der Waals surface area contributed by atoms with E-state index >= 15 is 0 Å². The van der Waals surface area contributed by atoms with Crippen molar-refractivity contribution in [1.82, 2.24) is 0 Å². The molecule has 0 spiro atoms. The van der Waals surface area contributed by atoms with Crippen LogP contribution in [0.2, 0.25) is 0 Å². The first-order valence-corrected chi connectivity index (χ1v) is 2.65. The number of nitrogens with two attached hydrogens (primary N) is 1. The van der Waals surface area contributed by atoms with Crippen LogP contribution in [0.4, 0.5) is 0 Å². The van der Waals surface area contributed by atoms with E-state index in [-0.39, 0.29) is 74.3 Å². The SMILES string of the molecule is NC(=O)c1ccccc1.[Br-].[K+]. The smallest absolute Gasteiger partial charge is 1.00 e. The first-order chi connectivity index (χ1) is 4.30. The Kier molecular flexibility index (Phi) is 9.72. The van der Waals surface area contributed by atoms with Crippen molar-refractivity contribution < 1.29 is 73.2 Å². The van der Waals surface area contributed by atoms with E-state index < -0.39 is 0 Å². The summed E-state index contributed by atoms with van der Waals surface area (Å²) < 4.78 is 0. The maximum atomic E-state index is 10.4. The van der Waals surface area contributed by atoms with Crippen LogP contribution in [0.25, 0.3) is 0 Å². The van der Waals surface area contributed by atoms with Gasteiger partial charge in [0.2, 0.25) is 5.91 Å². The van der Waals surface area contributed by atoms with Crippen molar-refractivity contribution in [2.45, 2.75) is 0 Å². The molecule has 0 saturated carbocycles. The van der Waals surface area contributed by atoms with Gasteiger partial charge in [-0.2, -0.15) is 0 Å². The number of amides is 1. The van der Waals surface area contributed by atoms with Crippen LogP contribution in [-0.4, -0.2) is 5.91 Å². The Morgan fingerprint density at radius 3 is 1.91 bits per heavy atom. The zero-order valence-corrected chi connectivity index (χ0v) is 11.0. The minimum atomic E-state index is -0.379. The van der Waals surface area contributed by atoms with E-state index in [4.69, 9.17) is 5.73 Å². The van der Waals surface area contributed by atoms with E-state index in [1.54, 1.807) is 24.3 Å². The molecule has 1 aromatic rings. The molecule has 1 amide bonds. The van der Waals surface area contributed by atoms with Gasteiger partial charge in [-0.1, -0.05) is 18.2 Å². The molecule has 4 heteroatoms. The van der Waals surface area contributed by atoms with Crippen LogP contribution in [0.5, 0.6) is 0 Å². The van der Waals surface area contributed by atoms with E-state index in [0.29, 0.717) is 5.56 Å². The number of hydrogen-bond acceptors (Lipinski definition) is 1. The summed E-state index contributed by atoms with van der Waals surface area (Å²) >= 11 is 0. The molecule has 2 nitrogen and oxygen atoms in total. The van der Waals surface area contributed by atoms with Crippen molar-refractivity contribution in [1.29, 1.82) is 0 Å². The van der Waals surface area contributed by atoms with Crippen LogP contribution in [0.1, 0.15) is 10.4 Å². The van der Waals surface area contributed by atoms with Crippen LogP contribution < -0.4 is 74.1 Å². The van der Waals surface area contributed by atoms with Crippen molar-refractivity contribution in [3.63, 3.8) is 0 Å². The predicted molar refractivity (Wildman–Crippen MR) is 35.0 cm³/mol. The summed E-state index contributed by atoms with van der Waals surface area (Å²) in [5.41, 5.74) is 5.53. The van der Waals surface area contributed by atoms with Crippen LogP contribution in [0.15, 0.2) is 30.3 Å². The molecule has 0 aliphatic rings. The Hall–Kier alpha value is 0.806. The normalized spacial score (nSPS) is 7.27. The number of rotatable bonds is 1. The summed E-state index contributed by atoms with van der Waals surface area (Å²) in [6.45, 7) is 0. The zero-order valence-electron chi connectivity index (χ0n) is 6.25. The van der Waals surface area contributed by atoms with E-state index in [1.165, 1.54) is 0 Å². The standard InChI is InChI=1S/C7H7NO.BrH.K/c8-7(9)6-4-2-1-3-5-6;;/h1-5H,(H2,8,9);1H;/q;;+1/p-1. The van der Waals surface area contributed by atoms with Crippen LogP contribution in [-0.2, 0) is 0 Å². The summed E-state index contributed by atoms with van der Waals surface area (Å²) in [6.07, 6.45) is 0. The summed E-state index contributed by atoms with van der Waals surface area (Å²) in [4.78, 5) is 10.4. The Morgan fingerprint density at radius 1 is 1.18 bits per heavy atom. The maximum Gasteiger partial charge on any atom is 1.00 e. The topological polar surface area (TPSA) is 43.1 Å². The second-order valence-corrected chi connectivity index (χ2v) is 1.73. The molecular formula is C7H7BrKNO. The van der Waals surface area contributed by atoms with E-state index in [0.717, 1.165) is 0 Å². The molecule has 0 aromatic heterocycles. The molecule has 2 N–H and O–H groups in total. The molecule has 0 radical (unpaired) electrons. The summed E-state index contributed by atoms with van der Waals surface area (Å²) in [5.74, 6) is -0.379. The Labute approximate surface area is 119 Å². The van der Waals surface area contributed by atoms with Crippen molar-refractivity contribution in [2.24, 2.45) is 5.73 Å². The quantitative estimate of drug-likeness (QED) is 0.490. The van der Waals surface area contributed by atoms with Crippen LogP contribution in [0, 0.1) is 0 Å². The van der Waals surface area contributed by atoms with Gasteiger partial charge >= 0.3 is 51.4 Å². The van der Waals surface area contributed by atoms with Gasteiger partial charge in [0.15, 0.2) is 0 Å². The fourth-order valence-corrected chi connectivity index (χ4v) is 0.602. The molecule has 54 valence electrons. The average Bonchev–Trinajstić information content (AvgIpc) is 1.90. The van der Waals surface area contributed by atoms with E-state index in [1.807, 2.05) is 6.07 Å². The largest absolute Gasteiger partial charge is 1.00 e. The van der Waals surface area contributed by atoms with Crippen molar-refractivity contribution in [2.75, 3.05) is 0 Å². The molecule has 1 aromatic carbocycles. The zero-order chi connectivity index (χ0) is 6.69. The minimum Gasteiger partial charge on any atom is -1.00 e. The molecule has 1 rings (SSSR count). The maximum absolute atomic E-state index is 10.4. The van der Waals surface area contributed by atoms with Crippen molar-refractivity contribution in [3.05, 3.63) is 35.9 Å². The van der Waals surface area contributed by atoms with Gasteiger partial charge in [-0.05, 0) is 12.1 Å². The first-order valence-electron chi connectivity index (χ1n) is 2.65. The molecule has 0 aliphatic carbocycles. The molecule has 0 fully saturated rings. The van der Waals surface area contributed by atoms with Gasteiger partial charge in [0.05, 0.1) is 0 Å². The third kappa shape index (κ3) is 5.11. The summed E-state index contributed by atoms with van der Waals surface area (Å²) in [6, 6.07) is 8.76. The second-order valence-electron chi connectivity index (χ2n) is 1.73. The third-order valence-corrected chi connectivity index (χ3v) is 1.06. The fourth-order valence-electron chi connectivity index (χ4n) is 0.602. The number of hydrogen-bond donors (Lipinski definition) is 1. The Bertz CT molecular complexity index is 215. The number of carbonyl (C=O) groups is 1. The Balaban J connectivity index is 0. The first kappa shape index (κ1) is 14.3. The molecule has 0 bridgehead atoms. The van der Waals surface area contributed by atoms with E-state index in [9.17, 15) is 4.79 Å².